The van der Waals surface area contributed by atoms with Gasteiger partial charge in [0.25, 0.3) is 5.91 Å². The summed E-state index contributed by atoms with van der Waals surface area (Å²) in [5.41, 5.74) is 4.71. The number of hydrogen-bond acceptors (Lipinski definition) is 6. The topological polar surface area (TPSA) is 107 Å². The van der Waals surface area contributed by atoms with Crippen molar-refractivity contribution in [1.82, 2.24) is 9.97 Å². The molecule has 12 heteroatoms. The maximum atomic E-state index is 12.7. The number of carbonyl (C=O) groups is 2. The summed E-state index contributed by atoms with van der Waals surface area (Å²) >= 11 is 6.40. The van der Waals surface area contributed by atoms with Crippen molar-refractivity contribution < 1.29 is 27.9 Å². The van der Waals surface area contributed by atoms with Crippen molar-refractivity contribution in [1.29, 1.82) is 0 Å². The zero-order valence-electron chi connectivity index (χ0n) is 20.0. The van der Waals surface area contributed by atoms with Gasteiger partial charge in [-0.1, -0.05) is 23.7 Å². The van der Waals surface area contributed by atoms with Gasteiger partial charge in [0, 0.05) is 43.1 Å². The van der Waals surface area contributed by atoms with Crippen LogP contribution in [0.2, 0.25) is 5.02 Å². The van der Waals surface area contributed by atoms with Gasteiger partial charge in [0.05, 0.1) is 16.6 Å². The van der Waals surface area contributed by atoms with Crippen LogP contribution in [-0.4, -0.2) is 46.2 Å². The number of halogens is 4. The monoisotopic (exact) mass is 535 g/mol. The summed E-state index contributed by atoms with van der Waals surface area (Å²) in [4.78, 5) is 32.4. The molecule has 3 aromatic rings. The number of anilines is 3. The Balaban J connectivity index is 0.000000479. The highest BCUT2D eigenvalue weighted by Crippen LogP contribution is 2.31. The number of aliphatic carboxylic acids is 1. The number of nitrogens with one attached hydrogen (secondary N) is 2. The molecule has 1 atom stereocenters. The quantitative estimate of drug-likeness (QED) is 0.378. The highest BCUT2D eigenvalue weighted by atomic mass is 35.5. The fourth-order valence-electron chi connectivity index (χ4n) is 3.64. The van der Waals surface area contributed by atoms with Crippen LogP contribution in [0, 0.1) is 0 Å². The van der Waals surface area contributed by atoms with E-state index in [4.69, 9.17) is 21.5 Å². The Kier molecular flexibility index (Phi) is 8.93. The van der Waals surface area contributed by atoms with Crippen LogP contribution in [0.3, 0.4) is 0 Å². The SMILES string of the molecule is CCN1CCc2ccc(NC(=O)c3cnc(NC(C)c4cccnc4)c(Cl)c3)cc21.O=C(O)C(F)(F)F. The molecule has 0 aliphatic carbocycles. The van der Waals surface area contributed by atoms with E-state index in [-0.39, 0.29) is 11.9 Å². The summed E-state index contributed by atoms with van der Waals surface area (Å²) in [5.74, 6) is -2.47. The minimum Gasteiger partial charge on any atom is -0.475 e. The Hall–Kier alpha value is -3.86. The lowest BCUT2D eigenvalue weighted by Crippen LogP contribution is -2.21. The molecular formula is C25H25ClF3N5O3. The molecule has 0 fully saturated rings. The van der Waals surface area contributed by atoms with Gasteiger partial charge in [0.1, 0.15) is 5.82 Å². The number of pyridine rings is 2. The molecule has 196 valence electrons. The van der Waals surface area contributed by atoms with E-state index in [2.05, 4.69) is 38.5 Å². The molecule has 1 aliphatic rings. The third-order valence-corrected chi connectivity index (χ3v) is 5.89. The Labute approximate surface area is 216 Å². The van der Waals surface area contributed by atoms with Crippen LogP contribution < -0.4 is 15.5 Å². The Morgan fingerprint density at radius 2 is 1.95 bits per heavy atom. The summed E-state index contributed by atoms with van der Waals surface area (Å²) in [5, 5.41) is 13.7. The maximum absolute atomic E-state index is 12.7. The molecule has 1 aliphatic heterocycles. The van der Waals surface area contributed by atoms with E-state index in [9.17, 15) is 18.0 Å². The first kappa shape index (κ1) is 27.7. The van der Waals surface area contributed by atoms with E-state index in [0.29, 0.717) is 16.4 Å². The molecular weight excluding hydrogens is 511 g/mol. The van der Waals surface area contributed by atoms with Crippen molar-refractivity contribution in [3.05, 3.63) is 76.7 Å². The average Bonchev–Trinajstić information content (AvgIpc) is 3.28. The van der Waals surface area contributed by atoms with Crippen molar-refractivity contribution in [3.8, 4) is 0 Å². The number of alkyl halides is 3. The zero-order chi connectivity index (χ0) is 27.2. The Morgan fingerprint density at radius 3 is 2.54 bits per heavy atom. The molecule has 0 saturated heterocycles. The van der Waals surface area contributed by atoms with Crippen LogP contribution >= 0.6 is 11.6 Å². The number of carboxylic acid groups (broad SMARTS) is 1. The molecule has 1 aromatic carbocycles. The third kappa shape index (κ3) is 7.32. The molecule has 2 aromatic heterocycles. The number of aromatic nitrogens is 2. The average molecular weight is 536 g/mol. The van der Waals surface area contributed by atoms with Crippen LogP contribution in [0.1, 0.15) is 41.4 Å². The number of likely N-dealkylation sites (N-methyl/N-ethyl adjacent to an activating group) is 1. The molecule has 1 amide bonds. The van der Waals surface area contributed by atoms with Gasteiger partial charge in [-0.05, 0) is 55.7 Å². The zero-order valence-corrected chi connectivity index (χ0v) is 20.8. The molecule has 0 saturated carbocycles. The van der Waals surface area contributed by atoms with Gasteiger partial charge in [0.15, 0.2) is 0 Å². The van der Waals surface area contributed by atoms with Gasteiger partial charge in [-0.25, -0.2) is 9.78 Å². The van der Waals surface area contributed by atoms with Gasteiger partial charge in [0.2, 0.25) is 0 Å². The van der Waals surface area contributed by atoms with E-state index in [1.54, 1.807) is 18.5 Å². The van der Waals surface area contributed by atoms with Crippen molar-refractivity contribution in [2.45, 2.75) is 32.5 Å². The van der Waals surface area contributed by atoms with Gasteiger partial charge in [-0.3, -0.25) is 9.78 Å². The Morgan fingerprint density at radius 1 is 1.22 bits per heavy atom. The summed E-state index contributed by atoms with van der Waals surface area (Å²) < 4.78 is 31.7. The standard InChI is InChI=1S/C23H24ClN5O.C2HF3O2/c1-3-29-10-8-16-6-7-19(12-21(16)29)28-23(30)18-11-20(24)22(26-14-18)27-15(2)17-5-4-9-25-13-17;3-2(4,5)1(6)7/h4-7,9,11-15H,3,8,10H2,1-2H3,(H,26,27)(H,28,30);(H,6,7). The number of amides is 1. The largest absolute Gasteiger partial charge is 0.490 e. The molecule has 4 rings (SSSR count). The molecule has 3 heterocycles. The minimum atomic E-state index is -5.08. The summed E-state index contributed by atoms with van der Waals surface area (Å²) in [6.45, 7) is 6.12. The number of rotatable bonds is 6. The third-order valence-electron chi connectivity index (χ3n) is 5.60. The second-order valence-corrected chi connectivity index (χ2v) is 8.54. The van der Waals surface area contributed by atoms with E-state index in [0.717, 1.165) is 30.8 Å². The number of carboxylic acids is 1. The normalized spacial score (nSPS) is 13.2. The fraction of sp³-hybridized carbons (Fsp3) is 0.280. The lowest BCUT2D eigenvalue weighted by atomic mass is 10.1. The van der Waals surface area contributed by atoms with E-state index in [1.165, 1.54) is 17.4 Å². The molecule has 0 radical (unpaired) electrons. The number of fused-ring (bicyclic) bond motifs is 1. The molecule has 0 spiro atoms. The number of carbonyl (C=O) groups excluding carboxylic acids is 1. The minimum absolute atomic E-state index is 0.0173. The molecule has 1 unspecified atom stereocenters. The summed E-state index contributed by atoms with van der Waals surface area (Å²) in [6.07, 6.45) is 1.02. The van der Waals surface area contributed by atoms with Crippen LogP contribution in [0.25, 0.3) is 0 Å². The van der Waals surface area contributed by atoms with E-state index >= 15 is 0 Å². The smallest absolute Gasteiger partial charge is 0.475 e. The van der Waals surface area contributed by atoms with Gasteiger partial charge in [-0.2, -0.15) is 13.2 Å². The van der Waals surface area contributed by atoms with Gasteiger partial charge >= 0.3 is 12.1 Å². The highest BCUT2D eigenvalue weighted by Gasteiger charge is 2.38. The fourth-order valence-corrected chi connectivity index (χ4v) is 3.86. The highest BCUT2D eigenvalue weighted by molar-refractivity contribution is 6.33. The second-order valence-electron chi connectivity index (χ2n) is 8.14. The van der Waals surface area contributed by atoms with Crippen molar-refractivity contribution in [2.75, 3.05) is 28.6 Å². The number of benzene rings is 1. The first-order valence-corrected chi connectivity index (χ1v) is 11.7. The van der Waals surface area contributed by atoms with Gasteiger partial charge < -0.3 is 20.6 Å². The molecule has 3 N–H and O–H groups in total. The van der Waals surface area contributed by atoms with E-state index < -0.39 is 12.1 Å². The summed E-state index contributed by atoms with van der Waals surface area (Å²) in [6, 6.07) is 11.5. The van der Waals surface area contributed by atoms with Crippen LogP contribution in [0.4, 0.5) is 30.4 Å². The van der Waals surface area contributed by atoms with Crippen LogP contribution in [0.15, 0.2) is 55.0 Å². The lowest BCUT2D eigenvalue weighted by Gasteiger charge is -2.18. The van der Waals surface area contributed by atoms with Gasteiger partial charge in [-0.15, -0.1) is 0 Å². The Bertz CT molecular complexity index is 1260. The number of hydrogen-bond donors (Lipinski definition) is 3. The maximum Gasteiger partial charge on any atom is 0.490 e. The predicted octanol–water partition coefficient (Wildman–Crippen LogP) is 5.57. The van der Waals surface area contributed by atoms with Crippen LogP contribution in [0.5, 0.6) is 0 Å². The van der Waals surface area contributed by atoms with E-state index in [1.807, 2.05) is 31.2 Å². The molecule has 0 bridgehead atoms. The summed E-state index contributed by atoms with van der Waals surface area (Å²) in [7, 11) is 0. The lowest BCUT2D eigenvalue weighted by molar-refractivity contribution is -0.192. The predicted molar refractivity (Wildman–Crippen MR) is 135 cm³/mol. The van der Waals surface area contributed by atoms with Crippen LogP contribution in [-0.2, 0) is 11.2 Å². The molecule has 8 nitrogen and oxygen atoms in total. The first-order valence-electron chi connectivity index (χ1n) is 11.3. The first-order chi connectivity index (χ1) is 17.5. The van der Waals surface area contributed by atoms with Crippen molar-refractivity contribution >= 4 is 40.7 Å². The number of nitrogens with zero attached hydrogens (tertiary/aromatic N) is 3. The van der Waals surface area contributed by atoms with Crippen molar-refractivity contribution in [2.24, 2.45) is 0 Å². The second kappa shape index (κ2) is 11.9. The molecule has 37 heavy (non-hydrogen) atoms. The van der Waals surface area contributed by atoms with Crippen molar-refractivity contribution in [3.63, 3.8) is 0 Å².